The van der Waals surface area contributed by atoms with Gasteiger partial charge in [0.2, 0.25) is 0 Å². The van der Waals surface area contributed by atoms with Gasteiger partial charge in [0.25, 0.3) is 0 Å². The minimum atomic E-state index is -0.417. The minimum Gasteiger partial charge on any atom is -0.453 e. The van der Waals surface area contributed by atoms with Gasteiger partial charge in [-0.2, -0.15) is 0 Å². The second-order valence-corrected chi connectivity index (χ2v) is 3.01. The Morgan fingerprint density at radius 1 is 1.64 bits per heavy atom. The Bertz CT molecular complexity index is 226. The molecular weight excluding hydrogens is 213 g/mol. The van der Waals surface area contributed by atoms with Crippen LogP contribution in [0.5, 0.6) is 0 Å². The van der Waals surface area contributed by atoms with Crippen molar-refractivity contribution in [2.45, 2.75) is 12.5 Å². The summed E-state index contributed by atoms with van der Waals surface area (Å²) in [6.45, 7) is -0.417. The lowest BCUT2D eigenvalue weighted by molar-refractivity contribution is 0.390. The molecular formula is C7H9BrFNO. The van der Waals surface area contributed by atoms with Gasteiger partial charge in [-0.1, -0.05) is 0 Å². The third-order valence-electron chi connectivity index (χ3n) is 1.38. The summed E-state index contributed by atoms with van der Waals surface area (Å²) in [4.78, 5) is 0. The first-order valence-electron chi connectivity index (χ1n) is 3.31. The molecule has 2 N–H and O–H groups in total. The zero-order valence-corrected chi connectivity index (χ0v) is 7.47. The van der Waals surface area contributed by atoms with E-state index in [0.717, 1.165) is 0 Å². The summed E-state index contributed by atoms with van der Waals surface area (Å²) in [5.74, 6) is 0.620. The molecule has 1 aromatic heterocycles. The van der Waals surface area contributed by atoms with E-state index in [4.69, 9.17) is 10.2 Å². The van der Waals surface area contributed by atoms with Crippen LogP contribution in [0.1, 0.15) is 18.2 Å². The van der Waals surface area contributed by atoms with Crippen LogP contribution >= 0.6 is 15.9 Å². The van der Waals surface area contributed by atoms with Gasteiger partial charge in [0.1, 0.15) is 5.76 Å². The highest BCUT2D eigenvalue weighted by atomic mass is 79.9. The molecule has 0 unspecified atom stereocenters. The molecule has 62 valence electrons. The van der Waals surface area contributed by atoms with E-state index in [1.54, 1.807) is 12.1 Å². The molecule has 1 rings (SSSR count). The van der Waals surface area contributed by atoms with Gasteiger partial charge in [-0.3, -0.25) is 4.39 Å². The molecule has 0 spiro atoms. The predicted octanol–water partition coefficient (Wildman–Crippen LogP) is 2.40. The molecule has 0 aliphatic rings. The molecule has 1 aromatic rings. The van der Waals surface area contributed by atoms with E-state index in [9.17, 15) is 4.39 Å². The van der Waals surface area contributed by atoms with Crippen molar-refractivity contribution in [1.29, 1.82) is 0 Å². The van der Waals surface area contributed by atoms with Gasteiger partial charge in [0, 0.05) is 0 Å². The average molecular weight is 222 g/mol. The highest BCUT2D eigenvalue weighted by molar-refractivity contribution is 9.10. The highest BCUT2D eigenvalue weighted by Crippen LogP contribution is 2.20. The Labute approximate surface area is 72.7 Å². The van der Waals surface area contributed by atoms with Crippen molar-refractivity contribution in [3.8, 4) is 0 Å². The Morgan fingerprint density at radius 2 is 2.36 bits per heavy atom. The summed E-state index contributed by atoms with van der Waals surface area (Å²) in [5, 5.41) is 0. The third-order valence-corrected chi connectivity index (χ3v) is 1.81. The number of halogens is 2. The monoisotopic (exact) mass is 221 g/mol. The van der Waals surface area contributed by atoms with Gasteiger partial charge in [-0.25, -0.2) is 0 Å². The summed E-state index contributed by atoms with van der Waals surface area (Å²) in [6, 6.07) is 3.16. The molecule has 1 heterocycles. The summed E-state index contributed by atoms with van der Waals surface area (Å²) < 4.78 is 17.6. The maximum Gasteiger partial charge on any atom is 0.169 e. The largest absolute Gasteiger partial charge is 0.453 e. The van der Waals surface area contributed by atoms with Crippen LogP contribution in [0.25, 0.3) is 0 Å². The summed E-state index contributed by atoms with van der Waals surface area (Å²) in [5.41, 5.74) is 5.56. The normalized spacial score (nSPS) is 13.4. The molecule has 0 saturated heterocycles. The van der Waals surface area contributed by atoms with Crippen LogP contribution in [0, 0.1) is 0 Å². The van der Waals surface area contributed by atoms with E-state index >= 15 is 0 Å². The van der Waals surface area contributed by atoms with Crippen molar-refractivity contribution < 1.29 is 8.81 Å². The molecule has 0 aromatic carbocycles. The van der Waals surface area contributed by atoms with Crippen molar-refractivity contribution >= 4 is 15.9 Å². The SMILES string of the molecule is N[C@H](CCF)c1ccc(Br)o1. The second-order valence-electron chi connectivity index (χ2n) is 2.23. The van der Waals surface area contributed by atoms with E-state index in [-0.39, 0.29) is 6.04 Å². The van der Waals surface area contributed by atoms with Gasteiger partial charge < -0.3 is 10.2 Å². The van der Waals surface area contributed by atoms with E-state index in [2.05, 4.69) is 15.9 Å². The number of furan rings is 1. The van der Waals surface area contributed by atoms with Crippen molar-refractivity contribution in [3.63, 3.8) is 0 Å². The van der Waals surface area contributed by atoms with Gasteiger partial charge in [-0.05, 0) is 34.5 Å². The predicted molar refractivity (Wildman–Crippen MR) is 43.9 cm³/mol. The van der Waals surface area contributed by atoms with Crippen LogP contribution in [0.3, 0.4) is 0 Å². The standard InChI is InChI=1S/C7H9BrFNO/c8-7-2-1-6(11-7)5(10)3-4-9/h1-2,5H,3-4,10H2/t5-/m1/s1. The van der Waals surface area contributed by atoms with Crippen molar-refractivity contribution in [2.75, 3.05) is 6.67 Å². The Balaban J connectivity index is 2.60. The van der Waals surface area contributed by atoms with Crippen molar-refractivity contribution in [2.24, 2.45) is 5.73 Å². The number of alkyl halides is 1. The molecule has 4 heteroatoms. The van der Waals surface area contributed by atoms with Crippen LogP contribution in [-0.2, 0) is 0 Å². The van der Waals surface area contributed by atoms with Crippen LogP contribution in [-0.4, -0.2) is 6.67 Å². The Morgan fingerprint density at radius 3 is 2.82 bits per heavy atom. The molecule has 0 bridgehead atoms. The Kier molecular flexibility index (Phi) is 3.08. The van der Waals surface area contributed by atoms with E-state index in [0.29, 0.717) is 16.9 Å². The molecule has 0 aliphatic carbocycles. The lowest BCUT2D eigenvalue weighted by Gasteiger charge is -2.03. The summed E-state index contributed by atoms with van der Waals surface area (Å²) >= 11 is 3.14. The van der Waals surface area contributed by atoms with Gasteiger partial charge in [-0.15, -0.1) is 0 Å². The molecule has 2 nitrogen and oxygen atoms in total. The average Bonchev–Trinajstić information content (AvgIpc) is 2.36. The highest BCUT2D eigenvalue weighted by Gasteiger charge is 2.09. The third kappa shape index (κ3) is 2.31. The van der Waals surface area contributed by atoms with Crippen LogP contribution in [0.15, 0.2) is 21.2 Å². The number of nitrogens with two attached hydrogens (primary N) is 1. The lowest BCUT2D eigenvalue weighted by atomic mass is 10.2. The zero-order chi connectivity index (χ0) is 8.27. The topological polar surface area (TPSA) is 39.2 Å². The first-order chi connectivity index (χ1) is 5.24. The van der Waals surface area contributed by atoms with Crippen LogP contribution < -0.4 is 5.73 Å². The lowest BCUT2D eigenvalue weighted by Crippen LogP contribution is -2.09. The van der Waals surface area contributed by atoms with Gasteiger partial charge in [0.15, 0.2) is 4.67 Å². The fourth-order valence-corrected chi connectivity index (χ4v) is 1.11. The smallest absolute Gasteiger partial charge is 0.169 e. The maximum absolute atomic E-state index is 11.8. The van der Waals surface area contributed by atoms with E-state index in [1.807, 2.05) is 0 Å². The number of hydrogen-bond acceptors (Lipinski definition) is 2. The summed E-state index contributed by atoms with van der Waals surface area (Å²) in [7, 11) is 0. The van der Waals surface area contributed by atoms with Crippen molar-refractivity contribution in [1.82, 2.24) is 0 Å². The van der Waals surface area contributed by atoms with E-state index < -0.39 is 6.67 Å². The zero-order valence-electron chi connectivity index (χ0n) is 5.89. The van der Waals surface area contributed by atoms with Crippen molar-refractivity contribution in [3.05, 3.63) is 22.6 Å². The van der Waals surface area contributed by atoms with Crippen LogP contribution in [0.2, 0.25) is 0 Å². The van der Waals surface area contributed by atoms with E-state index in [1.165, 1.54) is 0 Å². The second kappa shape index (κ2) is 3.88. The molecule has 11 heavy (non-hydrogen) atoms. The first-order valence-corrected chi connectivity index (χ1v) is 4.10. The van der Waals surface area contributed by atoms with Gasteiger partial charge in [0.05, 0.1) is 12.7 Å². The Hall–Kier alpha value is -0.350. The quantitative estimate of drug-likeness (QED) is 0.852. The first kappa shape index (κ1) is 8.74. The number of hydrogen-bond donors (Lipinski definition) is 1. The molecule has 0 amide bonds. The fourth-order valence-electron chi connectivity index (χ4n) is 0.787. The summed E-state index contributed by atoms with van der Waals surface area (Å²) in [6.07, 6.45) is 0.306. The number of rotatable bonds is 3. The van der Waals surface area contributed by atoms with Crippen LogP contribution in [0.4, 0.5) is 4.39 Å². The fraction of sp³-hybridized carbons (Fsp3) is 0.429. The molecule has 0 radical (unpaired) electrons. The minimum absolute atomic E-state index is 0.306. The molecule has 0 fully saturated rings. The molecule has 1 atom stereocenters. The maximum atomic E-state index is 11.8. The van der Waals surface area contributed by atoms with Gasteiger partial charge >= 0.3 is 0 Å². The molecule has 0 aliphatic heterocycles. The molecule has 0 saturated carbocycles.